The van der Waals surface area contributed by atoms with Gasteiger partial charge in [-0.25, -0.2) is 4.98 Å². The standard InChI is InChI=1S/C21H37N5O/c1-17(2)9-13-27-14-10-23-21(22-4)25-16-19-5-6-20(24-15-19)26-11-7-18(3)8-12-26/h5-6,15,17-18H,7-14,16H2,1-4H3,(H2,22,23,25). The van der Waals surface area contributed by atoms with Crippen molar-refractivity contribution in [2.45, 2.75) is 46.6 Å². The van der Waals surface area contributed by atoms with Gasteiger partial charge in [-0.1, -0.05) is 26.8 Å². The molecule has 1 saturated heterocycles. The first-order chi connectivity index (χ1) is 13.1. The molecule has 0 aliphatic carbocycles. The number of anilines is 1. The number of hydrogen-bond donors (Lipinski definition) is 2. The van der Waals surface area contributed by atoms with Crippen molar-refractivity contribution in [1.82, 2.24) is 15.6 Å². The fourth-order valence-electron chi connectivity index (χ4n) is 3.02. The SMILES string of the molecule is CN=C(NCCOCCC(C)C)NCc1ccc(N2CCC(C)CC2)nc1. The van der Waals surface area contributed by atoms with Gasteiger partial charge < -0.3 is 20.3 Å². The summed E-state index contributed by atoms with van der Waals surface area (Å²) in [6, 6.07) is 4.28. The lowest BCUT2D eigenvalue weighted by Crippen LogP contribution is -2.38. The Kier molecular flexibility index (Phi) is 9.39. The van der Waals surface area contributed by atoms with Crippen molar-refractivity contribution in [2.24, 2.45) is 16.8 Å². The van der Waals surface area contributed by atoms with Crippen LogP contribution in [0.3, 0.4) is 0 Å². The second kappa shape index (κ2) is 11.8. The lowest BCUT2D eigenvalue weighted by atomic mass is 9.99. The molecule has 2 rings (SSSR count). The second-order valence-corrected chi connectivity index (χ2v) is 7.84. The predicted molar refractivity (Wildman–Crippen MR) is 113 cm³/mol. The smallest absolute Gasteiger partial charge is 0.191 e. The summed E-state index contributed by atoms with van der Waals surface area (Å²) in [5, 5.41) is 6.61. The number of ether oxygens (including phenoxy) is 1. The molecule has 6 heteroatoms. The van der Waals surface area contributed by atoms with Crippen LogP contribution >= 0.6 is 0 Å². The van der Waals surface area contributed by atoms with E-state index in [0.717, 1.165) is 55.9 Å². The van der Waals surface area contributed by atoms with Crippen LogP contribution in [-0.4, -0.2) is 50.8 Å². The van der Waals surface area contributed by atoms with E-state index in [0.29, 0.717) is 19.1 Å². The summed E-state index contributed by atoms with van der Waals surface area (Å²) in [6.07, 6.45) is 5.58. The van der Waals surface area contributed by atoms with Gasteiger partial charge in [-0.05, 0) is 42.7 Å². The van der Waals surface area contributed by atoms with Crippen molar-refractivity contribution >= 4 is 11.8 Å². The van der Waals surface area contributed by atoms with Gasteiger partial charge >= 0.3 is 0 Å². The number of hydrogen-bond acceptors (Lipinski definition) is 4. The van der Waals surface area contributed by atoms with Crippen LogP contribution in [-0.2, 0) is 11.3 Å². The number of rotatable bonds is 9. The van der Waals surface area contributed by atoms with Gasteiger partial charge in [0.05, 0.1) is 6.61 Å². The summed E-state index contributed by atoms with van der Waals surface area (Å²) in [5.74, 6) is 3.40. The molecule has 2 N–H and O–H groups in total. The summed E-state index contributed by atoms with van der Waals surface area (Å²) >= 11 is 0. The number of nitrogens with one attached hydrogen (secondary N) is 2. The molecule has 1 fully saturated rings. The molecule has 0 unspecified atom stereocenters. The molecule has 0 aromatic carbocycles. The lowest BCUT2D eigenvalue weighted by molar-refractivity contribution is 0.128. The zero-order valence-corrected chi connectivity index (χ0v) is 17.5. The van der Waals surface area contributed by atoms with Crippen molar-refractivity contribution in [3.05, 3.63) is 23.9 Å². The van der Waals surface area contributed by atoms with Gasteiger partial charge in [0.1, 0.15) is 5.82 Å². The third kappa shape index (κ3) is 8.16. The maximum Gasteiger partial charge on any atom is 0.191 e. The Morgan fingerprint density at radius 2 is 2.04 bits per heavy atom. The van der Waals surface area contributed by atoms with Gasteiger partial charge in [0.2, 0.25) is 0 Å². The molecule has 0 amide bonds. The van der Waals surface area contributed by atoms with E-state index in [1.807, 2.05) is 6.20 Å². The molecular weight excluding hydrogens is 338 g/mol. The number of nitrogens with zero attached hydrogens (tertiary/aromatic N) is 3. The van der Waals surface area contributed by atoms with Crippen LogP contribution < -0.4 is 15.5 Å². The van der Waals surface area contributed by atoms with E-state index in [4.69, 9.17) is 4.74 Å². The Balaban J connectivity index is 1.67. The molecule has 2 heterocycles. The first kappa shape index (κ1) is 21.5. The second-order valence-electron chi connectivity index (χ2n) is 7.84. The Morgan fingerprint density at radius 3 is 2.67 bits per heavy atom. The van der Waals surface area contributed by atoms with E-state index in [-0.39, 0.29) is 0 Å². The summed E-state index contributed by atoms with van der Waals surface area (Å²) in [7, 11) is 1.79. The largest absolute Gasteiger partial charge is 0.380 e. The van der Waals surface area contributed by atoms with Crippen LogP contribution in [0.15, 0.2) is 23.3 Å². The first-order valence-electron chi connectivity index (χ1n) is 10.3. The molecule has 6 nitrogen and oxygen atoms in total. The van der Waals surface area contributed by atoms with Crippen molar-refractivity contribution in [3.8, 4) is 0 Å². The molecule has 0 spiro atoms. The van der Waals surface area contributed by atoms with E-state index < -0.39 is 0 Å². The highest BCUT2D eigenvalue weighted by Gasteiger charge is 2.16. The Bertz CT molecular complexity index is 550. The average Bonchev–Trinajstić information content (AvgIpc) is 2.67. The van der Waals surface area contributed by atoms with E-state index >= 15 is 0 Å². The summed E-state index contributed by atoms with van der Waals surface area (Å²) < 4.78 is 5.62. The highest BCUT2D eigenvalue weighted by atomic mass is 16.5. The van der Waals surface area contributed by atoms with Crippen LogP contribution in [0.25, 0.3) is 0 Å². The normalized spacial score (nSPS) is 16.0. The molecule has 152 valence electrons. The minimum atomic E-state index is 0.686. The molecular formula is C21H37N5O. The monoisotopic (exact) mass is 375 g/mol. The van der Waals surface area contributed by atoms with Crippen LogP contribution in [0, 0.1) is 11.8 Å². The molecule has 27 heavy (non-hydrogen) atoms. The van der Waals surface area contributed by atoms with E-state index in [9.17, 15) is 0 Å². The molecule has 0 saturated carbocycles. The van der Waals surface area contributed by atoms with Crippen LogP contribution in [0.5, 0.6) is 0 Å². The number of aliphatic imine (C=N–C) groups is 1. The van der Waals surface area contributed by atoms with Gasteiger partial charge in [0, 0.05) is 46.0 Å². The molecule has 1 aliphatic heterocycles. The Labute approximate surface area is 164 Å². The highest BCUT2D eigenvalue weighted by molar-refractivity contribution is 5.79. The van der Waals surface area contributed by atoms with Crippen LogP contribution in [0.2, 0.25) is 0 Å². The molecule has 1 aromatic rings. The zero-order valence-electron chi connectivity index (χ0n) is 17.5. The molecule has 0 radical (unpaired) electrons. The van der Waals surface area contributed by atoms with Gasteiger partial charge in [-0.2, -0.15) is 0 Å². The van der Waals surface area contributed by atoms with Crippen LogP contribution in [0.4, 0.5) is 5.82 Å². The van der Waals surface area contributed by atoms with Crippen molar-refractivity contribution in [1.29, 1.82) is 0 Å². The number of pyridine rings is 1. The van der Waals surface area contributed by atoms with Gasteiger partial charge in [-0.3, -0.25) is 4.99 Å². The van der Waals surface area contributed by atoms with Gasteiger partial charge in [-0.15, -0.1) is 0 Å². The maximum absolute atomic E-state index is 5.62. The topological polar surface area (TPSA) is 61.8 Å². The van der Waals surface area contributed by atoms with Gasteiger partial charge in [0.25, 0.3) is 0 Å². The quantitative estimate of drug-likeness (QED) is 0.395. The van der Waals surface area contributed by atoms with E-state index in [1.54, 1.807) is 7.05 Å². The summed E-state index contributed by atoms with van der Waals surface area (Å²) in [4.78, 5) is 11.3. The minimum absolute atomic E-state index is 0.686. The molecule has 1 aliphatic rings. The van der Waals surface area contributed by atoms with Crippen molar-refractivity contribution in [3.63, 3.8) is 0 Å². The average molecular weight is 376 g/mol. The predicted octanol–water partition coefficient (Wildman–Crippen LogP) is 3.05. The van der Waals surface area contributed by atoms with E-state index in [1.165, 1.54) is 12.8 Å². The fourth-order valence-corrected chi connectivity index (χ4v) is 3.02. The van der Waals surface area contributed by atoms with E-state index in [2.05, 4.69) is 58.4 Å². The van der Waals surface area contributed by atoms with Crippen molar-refractivity contribution < 1.29 is 4.74 Å². The zero-order chi connectivity index (χ0) is 19.5. The number of guanidine groups is 1. The Morgan fingerprint density at radius 1 is 1.26 bits per heavy atom. The minimum Gasteiger partial charge on any atom is -0.380 e. The fraction of sp³-hybridized carbons (Fsp3) is 0.714. The first-order valence-corrected chi connectivity index (χ1v) is 10.3. The molecule has 1 aromatic heterocycles. The Hall–Kier alpha value is -1.82. The van der Waals surface area contributed by atoms with Crippen LogP contribution in [0.1, 0.15) is 45.6 Å². The number of piperidine rings is 1. The third-order valence-electron chi connectivity index (χ3n) is 4.98. The lowest BCUT2D eigenvalue weighted by Gasteiger charge is -2.31. The maximum atomic E-state index is 5.62. The molecule has 0 atom stereocenters. The summed E-state index contributed by atoms with van der Waals surface area (Å²) in [5.41, 5.74) is 1.15. The highest BCUT2D eigenvalue weighted by Crippen LogP contribution is 2.21. The molecule has 0 bridgehead atoms. The van der Waals surface area contributed by atoms with Crippen molar-refractivity contribution in [2.75, 3.05) is 44.8 Å². The third-order valence-corrected chi connectivity index (χ3v) is 4.98. The number of aromatic nitrogens is 1. The summed E-state index contributed by atoms with van der Waals surface area (Å²) in [6.45, 7) is 11.9. The van der Waals surface area contributed by atoms with Gasteiger partial charge in [0.15, 0.2) is 5.96 Å².